The van der Waals surface area contributed by atoms with Crippen molar-refractivity contribution in [2.45, 2.75) is 25.1 Å². The highest BCUT2D eigenvalue weighted by atomic mass is 32.2. The zero-order valence-corrected chi connectivity index (χ0v) is 15.3. The third-order valence-corrected chi connectivity index (χ3v) is 5.26. The van der Waals surface area contributed by atoms with Crippen molar-refractivity contribution in [3.63, 3.8) is 0 Å². The van der Waals surface area contributed by atoms with E-state index in [1.165, 1.54) is 34.3 Å². The predicted molar refractivity (Wildman–Crippen MR) is 97.4 cm³/mol. The van der Waals surface area contributed by atoms with E-state index in [0.29, 0.717) is 12.3 Å². The van der Waals surface area contributed by atoms with Crippen LogP contribution in [0.25, 0.3) is 0 Å². The summed E-state index contributed by atoms with van der Waals surface area (Å²) in [5.41, 5.74) is 2.44. The van der Waals surface area contributed by atoms with Gasteiger partial charge in [-0.05, 0) is 38.5 Å². The van der Waals surface area contributed by atoms with Gasteiger partial charge in [-0.1, -0.05) is 35.2 Å². The molecule has 0 fully saturated rings. The molecule has 0 atom stereocenters. The summed E-state index contributed by atoms with van der Waals surface area (Å²) in [7, 11) is 0. The molecular weight excluding hydrogens is 328 g/mol. The summed E-state index contributed by atoms with van der Waals surface area (Å²) in [5.74, 6) is 0.411. The van der Waals surface area contributed by atoms with Crippen LogP contribution in [-0.2, 0) is 4.79 Å². The fourth-order valence-electron chi connectivity index (χ4n) is 2.14. The Balaban J connectivity index is 1.73. The minimum Gasteiger partial charge on any atom is -0.370 e. The standard InChI is InChI=1S/C16H22N4OS2/c1-4-20(14-7-5-6-12(2)10-14)9-8-17-15(21)11-22-16-19-18-13(3)23-16/h5-7,10H,4,8-9,11H2,1-3H3,(H,17,21). The number of carbonyl (C=O) groups is 1. The Kier molecular flexibility index (Phi) is 6.85. The molecule has 1 N–H and O–H groups in total. The number of nitrogens with zero attached hydrogens (tertiary/aromatic N) is 3. The number of aromatic nitrogens is 2. The van der Waals surface area contributed by atoms with Gasteiger partial charge in [0.2, 0.25) is 5.91 Å². The second-order valence-electron chi connectivity index (χ2n) is 5.14. The van der Waals surface area contributed by atoms with Gasteiger partial charge in [-0.25, -0.2) is 0 Å². The number of hydrogen-bond acceptors (Lipinski definition) is 6. The number of hydrogen-bond donors (Lipinski definition) is 1. The van der Waals surface area contributed by atoms with E-state index in [9.17, 15) is 4.79 Å². The van der Waals surface area contributed by atoms with Crippen LogP contribution < -0.4 is 10.2 Å². The second-order valence-corrected chi connectivity index (χ2v) is 7.55. The number of thioether (sulfide) groups is 1. The average Bonchev–Trinajstić information content (AvgIpc) is 2.95. The maximum absolute atomic E-state index is 11.9. The maximum Gasteiger partial charge on any atom is 0.230 e. The molecule has 1 aromatic heterocycles. The van der Waals surface area contributed by atoms with E-state index in [1.54, 1.807) is 0 Å². The molecule has 0 aliphatic heterocycles. The van der Waals surface area contributed by atoms with E-state index in [2.05, 4.69) is 58.5 Å². The normalized spacial score (nSPS) is 10.6. The lowest BCUT2D eigenvalue weighted by molar-refractivity contribution is -0.118. The van der Waals surface area contributed by atoms with Crippen molar-refractivity contribution in [3.8, 4) is 0 Å². The first-order valence-electron chi connectivity index (χ1n) is 7.59. The molecule has 0 radical (unpaired) electrons. The van der Waals surface area contributed by atoms with Crippen molar-refractivity contribution in [2.75, 3.05) is 30.3 Å². The van der Waals surface area contributed by atoms with Gasteiger partial charge in [0.1, 0.15) is 5.01 Å². The van der Waals surface area contributed by atoms with Crippen LogP contribution in [0.4, 0.5) is 5.69 Å². The maximum atomic E-state index is 11.9. The van der Waals surface area contributed by atoms with Crippen molar-refractivity contribution in [1.82, 2.24) is 15.5 Å². The molecule has 2 rings (SSSR count). The molecule has 7 heteroatoms. The van der Waals surface area contributed by atoms with E-state index >= 15 is 0 Å². The predicted octanol–water partition coefficient (Wildman–Crippen LogP) is 2.89. The quantitative estimate of drug-likeness (QED) is 0.742. The smallest absolute Gasteiger partial charge is 0.230 e. The monoisotopic (exact) mass is 350 g/mol. The Morgan fingerprint density at radius 1 is 1.35 bits per heavy atom. The highest BCUT2D eigenvalue weighted by molar-refractivity contribution is 8.01. The zero-order valence-electron chi connectivity index (χ0n) is 13.7. The summed E-state index contributed by atoms with van der Waals surface area (Å²) in [4.78, 5) is 14.1. The molecule has 0 unspecified atom stereocenters. The molecule has 0 spiro atoms. The first kappa shape index (κ1) is 17.7. The SMILES string of the molecule is CCN(CCNC(=O)CSc1nnc(C)s1)c1cccc(C)c1. The summed E-state index contributed by atoms with van der Waals surface area (Å²) in [5, 5.41) is 11.8. The number of nitrogens with one attached hydrogen (secondary N) is 1. The molecule has 0 saturated carbocycles. The molecule has 1 heterocycles. The number of amides is 1. The van der Waals surface area contributed by atoms with Crippen LogP contribution in [0.3, 0.4) is 0 Å². The average molecular weight is 351 g/mol. The highest BCUT2D eigenvalue weighted by Gasteiger charge is 2.08. The lowest BCUT2D eigenvalue weighted by atomic mass is 10.2. The van der Waals surface area contributed by atoms with E-state index in [1.807, 2.05) is 6.92 Å². The molecule has 124 valence electrons. The van der Waals surface area contributed by atoms with Crippen LogP contribution in [0, 0.1) is 13.8 Å². The first-order chi connectivity index (χ1) is 11.1. The summed E-state index contributed by atoms with van der Waals surface area (Å²) >= 11 is 2.94. The molecule has 0 aliphatic carbocycles. The highest BCUT2D eigenvalue weighted by Crippen LogP contribution is 2.21. The number of aryl methyl sites for hydroxylation is 2. The second kappa shape index (κ2) is 8.88. The fourth-order valence-corrected chi connectivity index (χ4v) is 3.79. The molecule has 23 heavy (non-hydrogen) atoms. The molecule has 0 aliphatic rings. The lowest BCUT2D eigenvalue weighted by Gasteiger charge is -2.23. The topological polar surface area (TPSA) is 58.1 Å². The fraction of sp³-hybridized carbons (Fsp3) is 0.438. The third kappa shape index (κ3) is 5.84. The molecule has 1 amide bonds. The number of likely N-dealkylation sites (N-methyl/N-ethyl adjacent to an activating group) is 1. The molecule has 0 saturated heterocycles. The van der Waals surface area contributed by atoms with Gasteiger partial charge in [0.15, 0.2) is 4.34 Å². The van der Waals surface area contributed by atoms with Crippen LogP contribution >= 0.6 is 23.1 Å². The zero-order chi connectivity index (χ0) is 16.7. The van der Waals surface area contributed by atoms with Crippen LogP contribution in [0.15, 0.2) is 28.6 Å². The van der Waals surface area contributed by atoms with Crippen LogP contribution in [0.5, 0.6) is 0 Å². The van der Waals surface area contributed by atoms with Gasteiger partial charge in [0.25, 0.3) is 0 Å². The van der Waals surface area contributed by atoms with Crippen LogP contribution in [0.1, 0.15) is 17.5 Å². The number of benzene rings is 1. The van der Waals surface area contributed by atoms with Crippen molar-refractivity contribution in [1.29, 1.82) is 0 Å². The summed E-state index contributed by atoms with van der Waals surface area (Å²) in [6, 6.07) is 8.42. The Labute approximate surface area is 145 Å². The van der Waals surface area contributed by atoms with Gasteiger partial charge in [0.05, 0.1) is 5.75 Å². The van der Waals surface area contributed by atoms with Crippen LogP contribution in [-0.4, -0.2) is 41.5 Å². The van der Waals surface area contributed by atoms with Gasteiger partial charge in [-0.3, -0.25) is 4.79 Å². The lowest BCUT2D eigenvalue weighted by Crippen LogP contribution is -2.35. The molecular formula is C16H22N4OS2. The van der Waals surface area contributed by atoms with E-state index < -0.39 is 0 Å². The summed E-state index contributed by atoms with van der Waals surface area (Å²) < 4.78 is 0.840. The van der Waals surface area contributed by atoms with Crippen molar-refractivity contribution in [2.24, 2.45) is 0 Å². The van der Waals surface area contributed by atoms with Gasteiger partial charge in [-0.2, -0.15) is 0 Å². The van der Waals surface area contributed by atoms with Gasteiger partial charge in [-0.15, -0.1) is 10.2 Å². The van der Waals surface area contributed by atoms with Crippen LogP contribution in [0.2, 0.25) is 0 Å². The molecule has 1 aromatic carbocycles. The molecule has 5 nitrogen and oxygen atoms in total. The van der Waals surface area contributed by atoms with Crippen molar-refractivity contribution < 1.29 is 4.79 Å². The summed E-state index contributed by atoms with van der Waals surface area (Å²) in [6.45, 7) is 8.47. The number of rotatable bonds is 8. The third-order valence-electron chi connectivity index (χ3n) is 3.29. The summed E-state index contributed by atoms with van der Waals surface area (Å²) in [6.07, 6.45) is 0. The van der Waals surface area contributed by atoms with Gasteiger partial charge < -0.3 is 10.2 Å². The first-order valence-corrected chi connectivity index (χ1v) is 9.40. The molecule has 0 bridgehead atoms. The minimum absolute atomic E-state index is 0.0307. The Morgan fingerprint density at radius 3 is 2.83 bits per heavy atom. The Bertz CT molecular complexity index is 645. The van der Waals surface area contributed by atoms with Crippen molar-refractivity contribution >= 4 is 34.7 Å². The van der Waals surface area contributed by atoms with Crippen molar-refractivity contribution in [3.05, 3.63) is 34.8 Å². The Hall–Kier alpha value is -1.60. The van der Waals surface area contributed by atoms with Gasteiger partial charge in [0, 0.05) is 25.3 Å². The van der Waals surface area contributed by atoms with Gasteiger partial charge >= 0.3 is 0 Å². The number of carbonyl (C=O) groups excluding carboxylic acids is 1. The Morgan fingerprint density at radius 2 is 2.17 bits per heavy atom. The minimum atomic E-state index is 0.0307. The molecule has 2 aromatic rings. The largest absolute Gasteiger partial charge is 0.370 e. The number of anilines is 1. The van der Waals surface area contributed by atoms with E-state index in [0.717, 1.165) is 22.4 Å². The van der Waals surface area contributed by atoms with E-state index in [4.69, 9.17) is 0 Å². The van der Waals surface area contributed by atoms with E-state index in [-0.39, 0.29) is 5.91 Å².